The molecule has 1 aromatic heterocycles. The van der Waals surface area contributed by atoms with E-state index in [4.69, 9.17) is 0 Å². The predicted octanol–water partition coefficient (Wildman–Crippen LogP) is 5.86. The summed E-state index contributed by atoms with van der Waals surface area (Å²) in [7, 11) is 0. The fourth-order valence-corrected chi connectivity index (χ4v) is 5.00. The number of para-hydroxylation sites is 1. The second-order valence-electron chi connectivity index (χ2n) is 9.96. The van der Waals surface area contributed by atoms with Gasteiger partial charge < -0.3 is 10.6 Å². The zero-order valence-corrected chi connectivity index (χ0v) is 22.2. The SMILES string of the molecule is Cc1ccccc1N(C(=O)CCCC(=O)Nc1ccccn1)[C@@H](C(=O)NC1CCCCC1)c1ccc(F)cc1. The summed E-state index contributed by atoms with van der Waals surface area (Å²) in [6, 6.07) is 17.4. The van der Waals surface area contributed by atoms with Gasteiger partial charge in [0.25, 0.3) is 0 Å². The topological polar surface area (TPSA) is 91.4 Å². The first kappa shape index (κ1) is 28.0. The van der Waals surface area contributed by atoms with Gasteiger partial charge in [0.2, 0.25) is 17.7 Å². The van der Waals surface area contributed by atoms with Crippen LogP contribution in [0, 0.1) is 12.7 Å². The quantitative estimate of drug-likeness (QED) is 0.343. The van der Waals surface area contributed by atoms with Crippen LogP contribution in [0.4, 0.5) is 15.9 Å². The first-order valence-electron chi connectivity index (χ1n) is 13.6. The van der Waals surface area contributed by atoms with Crippen LogP contribution in [0.1, 0.15) is 68.5 Å². The van der Waals surface area contributed by atoms with Gasteiger partial charge in [-0.2, -0.15) is 0 Å². The summed E-state index contributed by atoms with van der Waals surface area (Å²) in [6.45, 7) is 1.89. The number of nitrogens with zero attached hydrogens (tertiary/aromatic N) is 2. The zero-order chi connectivity index (χ0) is 27.6. The monoisotopic (exact) mass is 530 g/mol. The minimum absolute atomic E-state index is 0.0401. The number of carbonyl (C=O) groups excluding carboxylic acids is 3. The number of anilines is 2. The van der Waals surface area contributed by atoms with E-state index in [0.29, 0.717) is 23.5 Å². The number of aromatic nitrogens is 1. The van der Waals surface area contributed by atoms with Crippen molar-refractivity contribution >= 4 is 29.2 Å². The van der Waals surface area contributed by atoms with Crippen LogP contribution in [0.25, 0.3) is 0 Å². The standard InChI is InChI=1S/C31H35FN4O3/c1-22-10-5-6-13-26(22)36(29(38)16-9-15-28(37)35-27-14-7-8-21-33-27)30(23-17-19-24(32)20-18-23)31(39)34-25-11-3-2-4-12-25/h5-8,10,13-14,17-21,25,30H,2-4,9,11-12,15-16H2,1H3,(H,34,39)(H,33,35,37)/t30-/m1/s1. The largest absolute Gasteiger partial charge is 0.351 e. The Kier molecular flexibility index (Phi) is 9.78. The van der Waals surface area contributed by atoms with E-state index in [1.807, 2.05) is 31.2 Å². The van der Waals surface area contributed by atoms with Crippen molar-refractivity contribution in [1.82, 2.24) is 10.3 Å². The highest BCUT2D eigenvalue weighted by Crippen LogP contribution is 2.32. The summed E-state index contributed by atoms with van der Waals surface area (Å²) in [5, 5.41) is 5.89. The number of nitrogens with one attached hydrogen (secondary N) is 2. The van der Waals surface area contributed by atoms with Crippen LogP contribution in [0.2, 0.25) is 0 Å². The van der Waals surface area contributed by atoms with Crippen molar-refractivity contribution in [3.05, 3.63) is 89.9 Å². The molecule has 1 aliphatic carbocycles. The van der Waals surface area contributed by atoms with Crippen molar-refractivity contribution in [2.45, 2.75) is 70.4 Å². The number of rotatable bonds is 10. The third-order valence-electron chi connectivity index (χ3n) is 7.01. The number of hydrogen-bond acceptors (Lipinski definition) is 4. The highest BCUT2D eigenvalue weighted by atomic mass is 19.1. The first-order chi connectivity index (χ1) is 18.9. The fourth-order valence-electron chi connectivity index (χ4n) is 5.00. The van der Waals surface area contributed by atoms with Gasteiger partial charge in [0.1, 0.15) is 17.7 Å². The van der Waals surface area contributed by atoms with Crippen molar-refractivity contribution in [1.29, 1.82) is 0 Å². The minimum Gasteiger partial charge on any atom is -0.351 e. The lowest BCUT2D eigenvalue weighted by molar-refractivity contribution is -0.127. The Hall–Kier alpha value is -4.07. The molecule has 7 nitrogen and oxygen atoms in total. The maximum absolute atomic E-state index is 13.8. The molecule has 1 heterocycles. The van der Waals surface area contributed by atoms with Gasteiger partial charge in [-0.05, 0) is 67.6 Å². The summed E-state index contributed by atoms with van der Waals surface area (Å²) in [6.07, 6.45) is 7.10. The average molecular weight is 531 g/mol. The molecule has 1 aliphatic rings. The highest BCUT2D eigenvalue weighted by molar-refractivity contribution is 6.02. The Morgan fingerprint density at radius 2 is 1.67 bits per heavy atom. The van der Waals surface area contributed by atoms with Gasteiger partial charge in [-0.25, -0.2) is 9.37 Å². The Morgan fingerprint density at radius 1 is 0.949 bits per heavy atom. The van der Waals surface area contributed by atoms with Crippen molar-refractivity contribution in [3.8, 4) is 0 Å². The second kappa shape index (κ2) is 13.6. The molecule has 39 heavy (non-hydrogen) atoms. The molecular formula is C31H35FN4O3. The molecule has 4 rings (SSSR count). The van der Waals surface area contributed by atoms with E-state index < -0.39 is 11.9 Å². The summed E-state index contributed by atoms with van der Waals surface area (Å²) in [5.74, 6) is -0.792. The molecule has 0 bridgehead atoms. The maximum atomic E-state index is 13.8. The van der Waals surface area contributed by atoms with Crippen LogP contribution >= 0.6 is 0 Å². The van der Waals surface area contributed by atoms with Gasteiger partial charge in [0.15, 0.2) is 0 Å². The van der Waals surface area contributed by atoms with Crippen LogP contribution < -0.4 is 15.5 Å². The van der Waals surface area contributed by atoms with E-state index in [-0.39, 0.29) is 36.6 Å². The molecule has 8 heteroatoms. The van der Waals surface area contributed by atoms with Crippen LogP contribution in [0.3, 0.4) is 0 Å². The van der Waals surface area contributed by atoms with Gasteiger partial charge in [0, 0.05) is 30.8 Å². The molecule has 2 N–H and O–H groups in total. The molecule has 1 fully saturated rings. The third kappa shape index (κ3) is 7.72. The fraction of sp³-hybridized carbons (Fsp3) is 0.355. The van der Waals surface area contributed by atoms with Crippen LogP contribution in [-0.2, 0) is 14.4 Å². The molecule has 0 aliphatic heterocycles. The molecular weight excluding hydrogens is 495 g/mol. The molecule has 2 aromatic carbocycles. The van der Waals surface area contributed by atoms with Crippen LogP contribution in [0.15, 0.2) is 72.9 Å². The Balaban J connectivity index is 1.58. The molecule has 0 radical (unpaired) electrons. The summed E-state index contributed by atoms with van der Waals surface area (Å²) < 4.78 is 13.8. The van der Waals surface area contributed by atoms with E-state index >= 15 is 0 Å². The molecule has 3 amide bonds. The Labute approximate surface area is 228 Å². The number of halogens is 1. The second-order valence-corrected chi connectivity index (χ2v) is 9.96. The van der Waals surface area contributed by atoms with E-state index in [0.717, 1.165) is 37.7 Å². The highest BCUT2D eigenvalue weighted by Gasteiger charge is 2.34. The summed E-state index contributed by atoms with van der Waals surface area (Å²) in [5.41, 5.74) is 1.96. The maximum Gasteiger partial charge on any atom is 0.248 e. The van der Waals surface area contributed by atoms with E-state index in [1.165, 1.54) is 17.0 Å². The normalized spacial score (nSPS) is 14.3. The van der Waals surface area contributed by atoms with Crippen molar-refractivity contribution < 1.29 is 18.8 Å². The van der Waals surface area contributed by atoms with Gasteiger partial charge in [-0.15, -0.1) is 0 Å². The summed E-state index contributed by atoms with van der Waals surface area (Å²) >= 11 is 0. The van der Waals surface area contributed by atoms with Crippen molar-refractivity contribution in [2.24, 2.45) is 0 Å². The lowest BCUT2D eigenvalue weighted by Crippen LogP contribution is -2.47. The van der Waals surface area contributed by atoms with E-state index in [1.54, 1.807) is 36.5 Å². The molecule has 1 atom stereocenters. The zero-order valence-electron chi connectivity index (χ0n) is 22.2. The molecule has 0 unspecified atom stereocenters. The van der Waals surface area contributed by atoms with Gasteiger partial charge in [0.05, 0.1) is 0 Å². The molecule has 0 saturated heterocycles. The molecule has 3 aromatic rings. The van der Waals surface area contributed by atoms with E-state index in [2.05, 4.69) is 15.6 Å². The summed E-state index contributed by atoms with van der Waals surface area (Å²) in [4.78, 5) is 45.7. The Bertz CT molecular complexity index is 1260. The lowest BCUT2D eigenvalue weighted by atomic mass is 9.94. The average Bonchev–Trinajstić information content (AvgIpc) is 2.94. The number of benzene rings is 2. The van der Waals surface area contributed by atoms with Crippen LogP contribution in [0.5, 0.6) is 0 Å². The van der Waals surface area contributed by atoms with Crippen molar-refractivity contribution in [3.63, 3.8) is 0 Å². The Morgan fingerprint density at radius 3 is 2.36 bits per heavy atom. The minimum atomic E-state index is -0.983. The molecule has 0 spiro atoms. The lowest BCUT2D eigenvalue weighted by Gasteiger charge is -2.34. The van der Waals surface area contributed by atoms with Crippen LogP contribution in [-0.4, -0.2) is 28.7 Å². The first-order valence-corrected chi connectivity index (χ1v) is 13.6. The van der Waals surface area contributed by atoms with Gasteiger partial charge in [-0.1, -0.05) is 55.7 Å². The number of hydrogen-bond donors (Lipinski definition) is 2. The smallest absolute Gasteiger partial charge is 0.248 e. The third-order valence-corrected chi connectivity index (χ3v) is 7.01. The van der Waals surface area contributed by atoms with Gasteiger partial charge >= 0.3 is 0 Å². The molecule has 204 valence electrons. The predicted molar refractivity (Wildman–Crippen MR) is 150 cm³/mol. The van der Waals surface area contributed by atoms with E-state index in [9.17, 15) is 18.8 Å². The number of amides is 3. The van der Waals surface area contributed by atoms with Crippen molar-refractivity contribution in [2.75, 3.05) is 10.2 Å². The molecule has 1 saturated carbocycles. The van der Waals surface area contributed by atoms with Gasteiger partial charge in [-0.3, -0.25) is 19.3 Å². The number of carbonyl (C=O) groups is 3. The number of aryl methyl sites for hydroxylation is 1. The number of pyridine rings is 1.